The average Bonchev–Trinajstić information content (AvgIpc) is 2.38. The van der Waals surface area contributed by atoms with E-state index in [1.165, 1.54) is 18.2 Å². The summed E-state index contributed by atoms with van der Waals surface area (Å²) in [5, 5.41) is 27.8. The predicted molar refractivity (Wildman–Crippen MR) is 65.4 cm³/mol. The highest BCUT2D eigenvalue weighted by molar-refractivity contribution is 5.56. The van der Waals surface area contributed by atoms with Crippen molar-refractivity contribution in [2.75, 3.05) is 0 Å². The van der Waals surface area contributed by atoms with Crippen LogP contribution >= 0.6 is 0 Å². The smallest absolute Gasteiger partial charge is 0.271 e. The fourth-order valence-corrected chi connectivity index (χ4v) is 1.31. The zero-order valence-electron chi connectivity index (χ0n) is 9.22. The first-order chi connectivity index (χ1) is 8.66. The lowest BCUT2D eigenvalue weighted by atomic mass is 10.2. The average molecular weight is 243 g/mol. The molecule has 18 heavy (non-hydrogen) atoms. The van der Waals surface area contributed by atoms with Gasteiger partial charge in [-0.1, -0.05) is 18.2 Å². The fourth-order valence-electron chi connectivity index (χ4n) is 1.31. The quantitative estimate of drug-likeness (QED) is 0.506. The molecule has 0 bridgehead atoms. The molecule has 2 aromatic rings. The number of non-ortho nitro benzene ring substituents is 1. The summed E-state index contributed by atoms with van der Waals surface area (Å²) in [6, 6.07) is 12.5. The Hall–Kier alpha value is -2.76. The van der Waals surface area contributed by atoms with Crippen LogP contribution in [0, 0.1) is 10.1 Å². The molecule has 0 amide bonds. The number of rotatable bonds is 3. The van der Waals surface area contributed by atoms with Crippen LogP contribution in [0.25, 0.3) is 0 Å². The monoisotopic (exact) mass is 243 g/mol. The second-order valence-corrected chi connectivity index (χ2v) is 3.47. The van der Waals surface area contributed by atoms with Gasteiger partial charge in [0.25, 0.3) is 5.69 Å². The van der Waals surface area contributed by atoms with Crippen molar-refractivity contribution >= 4 is 17.1 Å². The maximum absolute atomic E-state index is 10.6. The molecule has 0 aliphatic carbocycles. The van der Waals surface area contributed by atoms with Crippen molar-refractivity contribution in [3.63, 3.8) is 0 Å². The summed E-state index contributed by atoms with van der Waals surface area (Å²) in [6.07, 6.45) is 0. The highest BCUT2D eigenvalue weighted by atomic mass is 16.6. The van der Waals surface area contributed by atoms with Gasteiger partial charge in [0.2, 0.25) is 0 Å². The van der Waals surface area contributed by atoms with Crippen LogP contribution in [0.5, 0.6) is 5.75 Å². The number of aromatic hydroxyl groups is 1. The standard InChI is InChI=1S/C12H9N3O3/c16-12-7-6-10(15(17)18)8-11(12)14-13-9-4-2-1-3-5-9/h1-8,16H. The second kappa shape index (κ2) is 5.05. The van der Waals surface area contributed by atoms with Gasteiger partial charge in [-0.2, -0.15) is 5.11 Å². The number of nitrogens with zero attached hydrogens (tertiary/aromatic N) is 3. The minimum Gasteiger partial charge on any atom is -0.506 e. The summed E-state index contributed by atoms with van der Waals surface area (Å²) in [5.74, 6) is -0.153. The zero-order valence-corrected chi connectivity index (χ0v) is 9.22. The number of nitro benzene ring substituents is 1. The maximum Gasteiger partial charge on any atom is 0.271 e. The van der Waals surface area contributed by atoms with Gasteiger partial charge in [-0.15, -0.1) is 5.11 Å². The minimum absolute atomic E-state index is 0.0630. The third-order valence-corrected chi connectivity index (χ3v) is 2.20. The molecule has 90 valence electrons. The zero-order chi connectivity index (χ0) is 13.0. The molecular weight excluding hydrogens is 234 g/mol. The maximum atomic E-state index is 10.6. The molecule has 0 aromatic heterocycles. The summed E-state index contributed by atoms with van der Waals surface area (Å²) in [5.41, 5.74) is 0.520. The normalized spacial score (nSPS) is 10.7. The molecule has 6 heteroatoms. The van der Waals surface area contributed by atoms with Gasteiger partial charge in [-0.25, -0.2) is 0 Å². The third-order valence-electron chi connectivity index (χ3n) is 2.20. The van der Waals surface area contributed by atoms with Gasteiger partial charge in [-0.05, 0) is 18.2 Å². The Morgan fingerprint density at radius 1 is 1.06 bits per heavy atom. The SMILES string of the molecule is O=[N+]([O-])c1ccc(O)c(N=Nc2ccccc2)c1. The molecule has 0 atom stereocenters. The van der Waals surface area contributed by atoms with Gasteiger partial charge < -0.3 is 5.11 Å². The van der Waals surface area contributed by atoms with E-state index < -0.39 is 4.92 Å². The molecule has 6 nitrogen and oxygen atoms in total. The van der Waals surface area contributed by atoms with Gasteiger partial charge in [0, 0.05) is 12.1 Å². The van der Waals surface area contributed by atoms with E-state index in [9.17, 15) is 15.2 Å². The van der Waals surface area contributed by atoms with Crippen molar-refractivity contribution in [2.45, 2.75) is 0 Å². The summed E-state index contributed by atoms with van der Waals surface area (Å²) < 4.78 is 0. The largest absolute Gasteiger partial charge is 0.506 e. The van der Waals surface area contributed by atoms with Crippen LogP contribution in [0.3, 0.4) is 0 Å². The van der Waals surface area contributed by atoms with Crippen LogP contribution in [-0.2, 0) is 0 Å². The molecule has 0 heterocycles. The van der Waals surface area contributed by atoms with Crippen LogP contribution in [-0.4, -0.2) is 10.0 Å². The van der Waals surface area contributed by atoms with E-state index in [-0.39, 0.29) is 17.1 Å². The van der Waals surface area contributed by atoms with Crippen molar-refractivity contribution < 1.29 is 10.0 Å². The van der Waals surface area contributed by atoms with Gasteiger partial charge >= 0.3 is 0 Å². The second-order valence-electron chi connectivity index (χ2n) is 3.47. The molecule has 2 rings (SSSR count). The summed E-state index contributed by atoms with van der Waals surface area (Å²) in [4.78, 5) is 10.0. The number of phenolic OH excluding ortho intramolecular Hbond substituents is 1. The van der Waals surface area contributed by atoms with Crippen LogP contribution in [0.15, 0.2) is 58.8 Å². The van der Waals surface area contributed by atoms with Crippen molar-refractivity contribution in [1.82, 2.24) is 0 Å². The first kappa shape index (κ1) is 11.7. The Balaban J connectivity index is 2.31. The van der Waals surface area contributed by atoms with E-state index in [0.717, 1.165) is 0 Å². The van der Waals surface area contributed by atoms with Crippen molar-refractivity contribution in [2.24, 2.45) is 10.2 Å². The highest BCUT2D eigenvalue weighted by Crippen LogP contribution is 2.31. The van der Waals surface area contributed by atoms with Gasteiger partial charge in [0.1, 0.15) is 11.4 Å². The fraction of sp³-hybridized carbons (Fsp3) is 0. The Morgan fingerprint density at radius 2 is 1.78 bits per heavy atom. The van der Waals surface area contributed by atoms with E-state index in [4.69, 9.17) is 0 Å². The van der Waals surface area contributed by atoms with Crippen LogP contribution in [0.4, 0.5) is 17.1 Å². The Kier molecular flexibility index (Phi) is 3.29. The molecule has 0 saturated heterocycles. The lowest BCUT2D eigenvalue weighted by Crippen LogP contribution is -1.86. The van der Waals surface area contributed by atoms with Crippen molar-refractivity contribution in [3.8, 4) is 5.75 Å². The Labute approximate surface area is 102 Å². The topological polar surface area (TPSA) is 88.1 Å². The van der Waals surface area contributed by atoms with Gasteiger partial charge in [0.15, 0.2) is 0 Å². The first-order valence-electron chi connectivity index (χ1n) is 5.11. The molecule has 2 aromatic carbocycles. The summed E-state index contributed by atoms with van der Waals surface area (Å²) in [7, 11) is 0. The van der Waals surface area contributed by atoms with Crippen molar-refractivity contribution in [3.05, 3.63) is 58.6 Å². The molecule has 0 radical (unpaired) electrons. The number of hydrogen-bond donors (Lipinski definition) is 1. The summed E-state index contributed by atoms with van der Waals surface area (Å²) >= 11 is 0. The van der Waals surface area contributed by atoms with E-state index in [0.29, 0.717) is 5.69 Å². The van der Waals surface area contributed by atoms with Crippen LogP contribution < -0.4 is 0 Å². The molecule has 0 unspecified atom stereocenters. The summed E-state index contributed by atoms with van der Waals surface area (Å²) in [6.45, 7) is 0. The van der Waals surface area contributed by atoms with E-state index >= 15 is 0 Å². The van der Waals surface area contributed by atoms with E-state index in [1.807, 2.05) is 6.07 Å². The van der Waals surface area contributed by atoms with Gasteiger partial charge in [0.05, 0.1) is 10.6 Å². The molecule has 0 aliphatic heterocycles. The third kappa shape index (κ3) is 2.67. The Morgan fingerprint density at radius 3 is 2.44 bits per heavy atom. The molecule has 0 spiro atoms. The number of hydrogen-bond acceptors (Lipinski definition) is 5. The molecule has 1 N–H and O–H groups in total. The number of phenols is 1. The van der Waals surface area contributed by atoms with Crippen LogP contribution in [0.1, 0.15) is 0 Å². The number of nitro groups is 1. The molecular formula is C12H9N3O3. The number of azo groups is 1. The Bertz CT molecular complexity index is 597. The first-order valence-corrected chi connectivity index (χ1v) is 5.11. The predicted octanol–water partition coefficient (Wildman–Crippen LogP) is 3.72. The lowest BCUT2D eigenvalue weighted by molar-refractivity contribution is -0.384. The minimum atomic E-state index is -0.555. The molecule has 0 fully saturated rings. The van der Waals surface area contributed by atoms with E-state index in [1.54, 1.807) is 24.3 Å². The van der Waals surface area contributed by atoms with Gasteiger partial charge in [-0.3, -0.25) is 10.1 Å². The molecule has 0 saturated carbocycles. The van der Waals surface area contributed by atoms with Crippen molar-refractivity contribution in [1.29, 1.82) is 0 Å². The van der Waals surface area contributed by atoms with E-state index in [2.05, 4.69) is 10.2 Å². The molecule has 0 aliphatic rings. The lowest BCUT2D eigenvalue weighted by Gasteiger charge is -1.97. The number of benzene rings is 2. The highest BCUT2D eigenvalue weighted by Gasteiger charge is 2.09. The van der Waals surface area contributed by atoms with Crippen LogP contribution in [0.2, 0.25) is 0 Å².